The van der Waals surface area contributed by atoms with Crippen LogP contribution in [0.4, 0.5) is 15.9 Å². The van der Waals surface area contributed by atoms with Crippen LogP contribution in [-0.2, 0) is 9.59 Å². The van der Waals surface area contributed by atoms with Crippen molar-refractivity contribution < 1.29 is 14.0 Å². The first-order valence-electron chi connectivity index (χ1n) is 9.92. The number of terminal acetylenes is 1. The first-order valence-corrected chi connectivity index (χ1v) is 9.92. The van der Waals surface area contributed by atoms with Crippen molar-refractivity contribution in [2.45, 2.75) is 26.3 Å². The molecule has 3 heterocycles. The Hall–Kier alpha value is -4.44. The van der Waals surface area contributed by atoms with E-state index < -0.39 is 11.4 Å². The highest BCUT2D eigenvalue weighted by molar-refractivity contribution is 6.03. The lowest BCUT2D eigenvalue weighted by Gasteiger charge is -2.45. The van der Waals surface area contributed by atoms with Crippen molar-refractivity contribution in [3.05, 3.63) is 42.0 Å². The number of carbonyl (C=O) groups is 2. The first-order chi connectivity index (χ1) is 15.7. The van der Waals surface area contributed by atoms with Crippen LogP contribution in [0.2, 0.25) is 0 Å². The number of benzene rings is 1. The van der Waals surface area contributed by atoms with Crippen LogP contribution >= 0.6 is 0 Å². The second-order valence-electron chi connectivity index (χ2n) is 7.81. The summed E-state index contributed by atoms with van der Waals surface area (Å²) in [5.41, 5.74) is 6.60. The minimum absolute atomic E-state index is 0.0919. The number of nitrogens with zero attached hydrogens (tertiary/aromatic N) is 6. The molecule has 33 heavy (non-hydrogen) atoms. The first kappa shape index (κ1) is 23.2. The van der Waals surface area contributed by atoms with E-state index in [1.807, 2.05) is 0 Å². The second-order valence-corrected chi connectivity index (χ2v) is 7.81. The van der Waals surface area contributed by atoms with Crippen molar-refractivity contribution in [2.75, 3.05) is 23.7 Å². The maximum atomic E-state index is 14.8. The summed E-state index contributed by atoms with van der Waals surface area (Å²) in [6, 6.07) is 8.00. The molecule has 9 nitrogen and oxygen atoms in total. The topological polar surface area (TPSA) is 121 Å². The zero-order chi connectivity index (χ0) is 24.5. The molecule has 0 radical (unpaired) electrons. The van der Waals surface area contributed by atoms with Crippen LogP contribution in [-0.4, -0.2) is 49.9 Å². The molecular formula is C23H22FN7O2. The zero-order valence-corrected chi connectivity index (χ0v) is 18.4. The van der Waals surface area contributed by atoms with Crippen molar-refractivity contribution >= 4 is 28.8 Å². The number of rotatable bonds is 2. The highest BCUT2D eigenvalue weighted by Crippen LogP contribution is 2.34. The fourth-order valence-corrected chi connectivity index (χ4v) is 4.05. The van der Waals surface area contributed by atoms with Crippen LogP contribution in [0.15, 0.2) is 30.6 Å². The van der Waals surface area contributed by atoms with Gasteiger partial charge in [-0.2, -0.15) is 10.4 Å². The Balaban J connectivity index is 0.00000149. The number of hydrogen-bond donors (Lipinski definition) is 1. The van der Waals surface area contributed by atoms with Gasteiger partial charge in [0, 0.05) is 25.6 Å². The normalized spacial score (nSPS) is 15.0. The zero-order valence-electron chi connectivity index (χ0n) is 18.4. The van der Waals surface area contributed by atoms with Crippen molar-refractivity contribution in [1.29, 1.82) is 5.26 Å². The van der Waals surface area contributed by atoms with Gasteiger partial charge in [0.05, 0.1) is 16.9 Å². The van der Waals surface area contributed by atoms with Gasteiger partial charge in [-0.05, 0) is 38.1 Å². The van der Waals surface area contributed by atoms with E-state index in [0.29, 0.717) is 16.8 Å². The highest BCUT2D eigenvalue weighted by atomic mass is 19.1. The molecular weight excluding hydrogens is 425 g/mol. The fraction of sp³-hybridized carbons (Fsp3) is 0.261. The van der Waals surface area contributed by atoms with E-state index in [0.717, 1.165) is 0 Å². The number of aromatic nitrogens is 3. The predicted molar refractivity (Wildman–Crippen MR) is 121 cm³/mol. The summed E-state index contributed by atoms with van der Waals surface area (Å²) in [6.07, 6.45) is 9.27. The maximum absolute atomic E-state index is 14.8. The molecule has 2 amide bonds. The van der Waals surface area contributed by atoms with Crippen LogP contribution in [0.3, 0.4) is 0 Å². The quantitative estimate of drug-likeness (QED) is 0.602. The summed E-state index contributed by atoms with van der Waals surface area (Å²) in [4.78, 5) is 31.8. The number of halogens is 1. The summed E-state index contributed by atoms with van der Waals surface area (Å²) in [7, 11) is 0. The molecule has 1 aliphatic heterocycles. The number of nitrogen functional groups attached to an aromatic ring is 1. The number of amides is 2. The van der Waals surface area contributed by atoms with Gasteiger partial charge in [-0.1, -0.05) is 0 Å². The van der Waals surface area contributed by atoms with Gasteiger partial charge in [0.25, 0.3) is 5.91 Å². The van der Waals surface area contributed by atoms with E-state index in [1.54, 1.807) is 26.0 Å². The molecule has 10 heteroatoms. The average molecular weight is 447 g/mol. The van der Waals surface area contributed by atoms with Crippen LogP contribution in [0.5, 0.6) is 0 Å². The van der Waals surface area contributed by atoms with Gasteiger partial charge in [0.15, 0.2) is 5.82 Å². The number of fused-ring (bicyclic) bond motifs is 1. The average Bonchev–Trinajstić information content (AvgIpc) is 3.17. The third kappa shape index (κ3) is 3.72. The van der Waals surface area contributed by atoms with Crippen LogP contribution < -0.4 is 10.6 Å². The minimum atomic E-state index is -1.11. The van der Waals surface area contributed by atoms with Gasteiger partial charge < -0.3 is 15.5 Å². The van der Waals surface area contributed by atoms with E-state index in [9.17, 15) is 19.2 Å². The number of nitriles is 1. The van der Waals surface area contributed by atoms with E-state index in [1.165, 1.54) is 39.7 Å². The Labute approximate surface area is 190 Å². The van der Waals surface area contributed by atoms with Crippen LogP contribution in [0.25, 0.3) is 16.8 Å². The summed E-state index contributed by atoms with van der Waals surface area (Å²) in [6.45, 7) is 5.14. The Morgan fingerprint density at radius 3 is 2.61 bits per heavy atom. The SMILES string of the molecule is C#C.CC(=O)N1CCN(c2cc(-c3cc(C#N)c4c(N)ncnn34)ccc2F)C(=O)C1(C)C. The molecule has 4 rings (SSSR count). The molecule has 0 bridgehead atoms. The molecule has 1 fully saturated rings. The lowest BCUT2D eigenvalue weighted by molar-refractivity contribution is -0.145. The van der Waals surface area contributed by atoms with Gasteiger partial charge in [-0.3, -0.25) is 9.59 Å². The van der Waals surface area contributed by atoms with Gasteiger partial charge in [-0.15, -0.1) is 12.8 Å². The summed E-state index contributed by atoms with van der Waals surface area (Å²) in [5, 5.41) is 13.6. The second kappa shape index (κ2) is 8.60. The Morgan fingerprint density at radius 2 is 1.97 bits per heavy atom. The number of piperazine rings is 1. The number of carbonyl (C=O) groups excluding carboxylic acids is 2. The van der Waals surface area contributed by atoms with E-state index >= 15 is 0 Å². The molecule has 0 unspecified atom stereocenters. The molecule has 1 saturated heterocycles. The largest absolute Gasteiger partial charge is 0.382 e. The van der Waals surface area contributed by atoms with Crippen LogP contribution in [0, 0.1) is 30.0 Å². The number of hydrogen-bond acceptors (Lipinski definition) is 6. The summed E-state index contributed by atoms with van der Waals surface area (Å²) in [5.74, 6) is -1.01. The smallest absolute Gasteiger partial charge is 0.252 e. The molecule has 1 aromatic carbocycles. The minimum Gasteiger partial charge on any atom is -0.382 e. The molecule has 168 valence electrons. The van der Waals surface area contributed by atoms with Crippen molar-refractivity contribution in [1.82, 2.24) is 19.5 Å². The molecule has 2 N–H and O–H groups in total. The third-order valence-corrected chi connectivity index (χ3v) is 5.61. The lowest BCUT2D eigenvalue weighted by Crippen LogP contribution is -2.64. The van der Waals surface area contributed by atoms with Crippen molar-refractivity contribution in [3.63, 3.8) is 0 Å². The van der Waals surface area contributed by atoms with Gasteiger partial charge in [-0.25, -0.2) is 13.9 Å². The third-order valence-electron chi connectivity index (χ3n) is 5.61. The Morgan fingerprint density at radius 1 is 1.27 bits per heavy atom. The molecule has 0 aliphatic carbocycles. The van der Waals surface area contributed by atoms with Gasteiger partial charge in [0.2, 0.25) is 5.91 Å². The standard InChI is InChI=1S/C21H20FN7O2.C2H2/c1-12(30)28-7-6-27(20(31)21(28,2)3)17-8-13(4-5-15(17)22)16-9-14(10-23)18-19(24)25-11-26-29(16)18;1-2/h4-5,8-9,11H,6-7H2,1-3H3,(H2,24,25,26);1-2H. The number of anilines is 2. The monoisotopic (exact) mass is 447 g/mol. The summed E-state index contributed by atoms with van der Waals surface area (Å²) >= 11 is 0. The van der Waals surface area contributed by atoms with Crippen LogP contribution in [0.1, 0.15) is 26.3 Å². The lowest BCUT2D eigenvalue weighted by atomic mass is 9.96. The van der Waals surface area contributed by atoms with Crippen molar-refractivity contribution in [3.8, 4) is 30.2 Å². The summed E-state index contributed by atoms with van der Waals surface area (Å²) < 4.78 is 16.3. The predicted octanol–water partition coefficient (Wildman–Crippen LogP) is 2.21. The molecule has 0 atom stereocenters. The van der Waals surface area contributed by atoms with Gasteiger partial charge >= 0.3 is 0 Å². The van der Waals surface area contributed by atoms with E-state index in [2.05, 4.69) is 29.0 Å². The Kier molecular flexibility index (Phi) is 6.05. The maximum Gasteiger partial charge on any atom is 0.252 e. The molecule has 1 aliphatic rings. The van der Waals surface area contributed by atoms with E-state index in [4.69, 9.17) is 5.73 Å². The molecule has 2 aromatic heterocycles. The Bertz CT molecular complexity index is 1320. The van der Waals surface area contributed by atoms with Crippen molar-refractivity contribution in [2.24, 2.45) is 0 Å². The number of nitrogens with two attached hydrogens (primary N) is 1. The molecule has 0 saturated carbocycles. The van der Waals surface area contributed by atoms with E-state index in [-0.39, 0.29) is 42.0 Å². The van der Waals surface area contributed by atoms with Gasteiger partial charge in [0.1, 0.15) is 29.3 Å². The fourth-order valence-electron chi connectivity index (χ4n) is 4.05. The molecule has 3 aromatic rings. The highest BCUT2D eigenvalue weighted by Gasteiger charge is 2.44. The molecule has 0 spiro atoms.